The number of para-hydroxylation sites is 1. The third-order valence-electron chi connectivity index (χ3n) is 7.02. The molecule has 39 heavy (non-hydrogen) atoms. The van der Waals surface area contributed by atoms with Gasteiger partial charge in [0.15, 0.2) is 0 Å². The number of hydrogen-bond donors (Lipinski definition) is 0. The van der Waals surface area contributed by atoms with Crippen molar-refractivity contribution in [2.75, 3.05) is 6.61 Å². The van der Waals surface area contributed by atoms with Crippen LogP contribution in [0.2, 0.25) is 0 Å². The summed E-state index contributed by atoms with van der Waals surface area (Å²) in [6.07, 6.45) is 14.0. The molecule has 2 aromatic rings. The second-order valence-electron chi connectivity index (χ2n) is 12.0. The van der Waals surface area contributed by atoms with Crippen LogP contribution in [-0.2, 0) is 25.8 Å². The van der Waals surface area contributed by atoms with Crippen LogP contribution < -0.4 is 0 Å². The normalized spacial score (nSPS) is 19.2. The maximum Gasteiger partial charge on any atom is 0.148 e. The molecule has 0 radical (unpaired) electrons. The second-order valence-corrected chi connectivity index (χ2v) is 12.0. The van der Waals surface area contributed by atoms with Crippen molar-refractivity contribution < 1.29 is 25.8 Å². The Labute approximate surface area is 252 Å². The van der Waals surface area contributed by atoms with Crippen LogP contribution in [0.5, 0.6) is 0 Å². The smallest absolute Gasteiger partial charge is 0.148 e. The molecule has 0 bridgehead atoms. The van der Waals surface area contributed by atoms with Gasteiger partial charge in [-0.2, -0.15) is 0 Å². The van der Waals surface area contributed by atoms with Crippen LogP contribution >= 0.6 is 0 Å². The van der Waals surface area contributed by atoms with E-state index in [1.807, 2.05) is 12.1 Å². The Morgan fingerprint density at radius 2 is 1.38 bits per heavy atom. The molecule has 210 valence electrons. The first-order valence-corrected chi connectivity index (χ1v) is 14.3. The fraction of sp³-hybridized carbons (Fsp3) is 0.486. The van der Waals surface area contributed by atoms with Crippen molar-refractivity contribution in [3.63, 3.8) is 0 Å². The van der Waals surface area contributed by atoms with Gasteiger partial charge in [-0.05, 0) is 66.7 Å². The predicted octanol–water partition coefficient (Wildman–Crippen LogP) is 9.74. The minimum Gasteiger partial charge on any atom is -0.509 e. The van der Waals surface area contributed by atoms with Crippen molar-refractivity contribution in [3.05, 3.63) is 89.0 Å². The molecule has 2 aliphatic rings. The van der Waals surface area contributed by atoms with E-state index in [-0.39, 0.29) is 32.5 Å². The van der Waals surface area contributed by atoms with Crippen molar-refractivity contribution in [3.8, 4) is 0 Å². The average molecular weight is 608 g/mol. The molecular weight excluding hydrogens is 560 g/mol. The summed E-state index contributed by atoms with van der Waals surface area (Å²) in [5, 5.41) is 0. The minimum absolute atomic E-state index is 0. The summed E-state index contributed by atoms with van der Waals surface area (Å²) in [6.45, 7) is 18.2. The fourth-order valence-electron chi connectivity index (χ4n) is 4.49. The molecule has 0 saturated heterocycles. The molecule has 3 nitrogen and oxygen atoms in total. The molecule has 1 aliphatic carbocycles. The van der Waals surface area contributed by atoms with Gasteiger partial charge < -0.3 is 4.74 Å². The summed E-state index contributed by atoms with van der Waals surface area (Å²) in [5.41, 5.74) is 6.59. The van der Waals surface area contributed by atoms with Crippen LogP contribution in [0.1, 0.15) is 115 Å². The third-order valence-corrected chi connectivity index (χ3v) is 7.02. The van der Waals surface area contributed by atoms with Gasteiger partial charge in [-0.3, -0.25) is 9.98 Å². The first-order valence-electron chi connectivity index (χ1n) is 14.3. The molecular formula is C35H47MoN2O-. The summed E-state index contributed by atoms with van der Waals surface area (Å²) >= 11 is 0. The second kappa shape index (κ2) is 15.5. The van der Waals surface area contributed by atoms with E-state index in [1.165, 1.54) is 36.8 Å². The molecule has 0 amide bonds. The summed E-state index contributed by atoms with van der Waals surface area (Å²) in [5.74, 6) is 1.53. The Morgan fingerprint density at radius 3 is 1.85 bits per heavy atom. The van der Waals surface area contributed by atoms with Crippen LogP contribution in [0.15, 0.2) is 70.7 Å². The summed E-state index contributed by atoms with van der Waals surface area (Å²) in [7, 11) is 0. The average Bonchev–Trinajstić information content (AvgIpc) is 3.35. The summed E-state index contributed by atoms with van der Waals surface area (Å²) in [4.78, 5) is 9.91. The van der Waals surface area contributed by atoms with Gasteiger partial charge in [-0.1, -0.05) is 96.5 Å². The number of nitrogens with zero attached hydrogens (tertiary/aromatic N) is 2. The molecule has 0 spiro atoms. The zero-order valence-corrected chi connectivity index (χ0v) is 27.3. The number of allylic oxidation sites excluding steroid dienone is 4. The van der Waals surface area contributed by atoms with Crippen molar-refractivity contribution >= 4 is 17.3 Å². The number of ether oxygens (including phenoxy) is 1. The van der Waals surface area contributed by atoms with Crippen molar-refractivity contribution in [2.24, 2.45) is 15.4 Å². The largest absolute Gasteiger partial charge is 0.509 e. The van der Waals surface area contributed by atoms with E-state index in [9.17, 15) is 0 Å². The molecule has 0 N–H and O–H groups in total. The van der Waals surface area contributed by atoms with Crippen molar-refractivity contribution in [1.82, 2.24) is 0 Å². The van der Waals surface area contributed by atoms with Crippen molar-refractivity contribution in [2.45, 2.75) is 99.0 Å². The Morgan fingerprint density at radius 1 is 0.872 bits per heavy atom. The number of aliphatic imine (C=N–C) groups is 2. The van der Waals surface area contributed by atoms with Crippen LogP contribution in [-0.4, -0.2) is 24.3 Å². The molecule has 0 fully saturated rings. The van der Waals surface area contributed by atoms with Crippen LogP contribution in [0.4, 0.5) is 5.69 Å². The maximum atomic E-state index is 5.91. The molecule has 0 saturated carbocycles. The maximum absolute atomic E-state index is 5.91. The SMILES string of the molecule is C1=C\CC/C=C\CC/1.CC(=Nc1c(C(C)C)cccc1C(C)C)c1[c-]c(C2=NC(C(C)(C)C)CO2)ccc1.[Mo]. The fourth-order valence-corrected chi connectivity index (χ4v) is 4.49. The van der Waals surface area contributed by atoms with Gasteiger partial charge in [-0.25, -0.2) is 0 Å². The standard InChI is InChI=1S/C27H35N2O.C8H12.Mo/c1-17(2)22-13-10-14-23(18(3)4)25(22)28-19(5)20-11-9-12-21(15-20)26-29-24(16-30-26)27(6,7)8;1-2-4-6-8-7-5-3-1;/h9-14,17-18,24H,16H2,1-8H3;1-2,7-8H,3-6H2;/q-1;;/b;2-1-,8-7-;. The van der Waals surface area contributed by atoms with E-state index >= 15 is 0 Å². The van der Waals surface area contributed by atoms with E-state index in [0.29, 0.717) is 24.3 Å². The Hall–Kier alpha value is -2.25. The van der Waals surface area contributed by atoms with Crippen LogP contribution in [0.25, 0.3) is 0 Å². The number of rotatable bonds is 5. The zero-order valence-electron chi connectivity index (χ0n) is 25.3. The molecule has 2 aromatic carbocycles. The van der Waals surface area contributed by atoms with Gasteiger partial charge >= 0.3 is 0 Å². The van der Waals surface area contributed by atoms with Crippen LogP contribution in [0.3, 0.4) is 0 Å². The number of hydrogen-bond acceptors (Lipinski definition) is 3. The number of benzene rings is 2. The molecule has 4 rings (SSSR count). The first kappa shape index (κ1) is 33.0. The molecule has 1 aliphatic heterocycles. The Kier molecular flexibility index (Phi) is 13.1. The zero-order chi connectivity index (χ0) is 27.7. The van der Waals surface area contributed by atoms with Gasteiger partial charge in [0.05, 0.1) is 11.7 Å². The molecule has 4 heteroatoms. The van der Waals surface area contributed by atoms with Gasteiger partial charge in [-0.15, -0.1) is 29.8 Å². The van der Waals surface area contributed by atoms with Gasteiger partial charge in [0.1, 0.15) is 12.5 Å². The van der Waals surface area contributed by atoms with Crippen molar-refractivity contribution in [1.29, 1.82) is 0 Å². The molecule has 1 heterocycles. The molecule has 0 aromatic heterocycles. The quantitative estimate of drug-likeness (QED) is 0.144. The Bertz CT molecular complexity index is 1130. The summed E-state index contributed by atoms with van der Waals surface area (Å²) < 4.78 is 5.91. The van der Waals surface area contributed by atoms with Gasteiger partial charge in [0.2, 0.25) is 0 Å². The monoisotopic (exact) mass is 609 g/mol. The predicted molar refractivity (Wildman–Crippen MR) is 164 cm³/mol. The third kappa shape index (κ3) is 9.71. The molecule has 1 unspecified atom stereocenters. The summed E-state index contributed by atoms with van der Waals surface area (Å²) in [6, 6.07) is 16.3. The minimum atomic E-state index is 0. The Balaban J connectivity index is 0.000000508. The van der Waals surface area contributed by atoms with Gasteiger partial charge in [0, 0.05) is 21.1 Å². The van der Waals surface area contributed by atoms with Gasteiger partial charge in [0.25, 0.3) is 0 Å². The van der Waals surface area contributed by atoms with E-state index in [2.05, 4.69) is 110 Å². The first-order chi connectivity index (χ1) is 18.1. The topological polar surface area (TPSA) is 34.0 Å². The van der Waals surface area contributed by atoms with E-state index in [0.717, 1.165) is 22.5 Å². The van der Waals surface area contributed by atoms with E-state index in [1.54, 1.807) is 0 Å². The van der Waals surface area contributed by atoms with Crippen LogP contribution in [0, 0.1) is 11.5 Å². The van der Waals surface area contributed by atoms with E-state index < -0.39 is 0 Å². The van der Waals surface area contributed by atoms with E-state index in [4.69, 9.17) is 14.7 Å². The molecule has 1 atom stereocenters.